The van der Waals surface area contributed by atoms with Crippen molar-refractivity contribution >= 4 is 43.5 Å². The van der Waals surface area contributed by atoms with Crippen LogP contribution in [0.2, 0.25) is 0 Å². The summed E-state index contributed by atoms with van der Waals surface area (Å²) < 4.78 is 17.1. The molecule has 0 radical (unpaired) electrons. The monoisotopic (exact) mass is 563 g/mol. The number of aromatic nitrogens is 3. The maximum absolute atomic E-state index is 13.0. The number of hydrogen-bond acceptors (Lipinski definition) is 9. The summed E-state index contributed by atoms with van der Waals surface area (Å²) in [6.07, 6.45) is 0. The third kappa shape index (κ3) is 4.02. The van der Waals surface area contributed by atoms with Crippen LogP contribution in [-0.2, 0) is 0 Å². The number of rotatable bonds is 3. The standard InChI is InChI=1S/C34H17N3O6/c38-32-21-8-1-4-13-26(21)35-29(41-32)18-16-24-19(25(17-18)31-37-28-15-6-3-10-23(28)34(40)43-31)11-7-12-20(24)30-36-27-14-5-2-9-22(27)33(39)42-30/h1-17H. The van der Waals surface area contributed by atoms with Crippen LogP contribution in [0.25, 0.3) is 77.8 Å². The van der Waals surface area contributed by atoms with E-state index in [-0.39, 0.29) is 17.7 Å². The summed E-state index contributed by atoms with van der Waals surface area (Å²) in [5, 5.41) is 2.26. The molecule has 3 aromatic heterocycles. The van der Waals surface area contributed by atoms with Crippen LogP contribution in [0.5, 0.6) is 0 Å². The van der Waals surface area contributed by atoms with Crippen molar-refractivity contribution in [3.63, 3.8) is 0 Å². The smallest absolute Gasteiger partial charge is 0.347 e. The van der Waals surface area contributed by atoms with Crippen molar-refractivity contribution < 1.29 is 13.3 Å². The molecule has 5 aromatic carbocycles. The minimum Gasteiger partial charge on any atom is -0.403 e. The lowest BCUT2D eigenvalue weighted by Gasteiger charge is -2.12. The first kappa shape index (κ1) is 24.6. The zero-order valence-electron chi connectivity index (χ0n) is 22.1. The highest BCUT2D eigenvalue weighted by Crippen LogP contribution is 2.37. The number of benzene rings is 5. The van der Waals surface area contributed by atoms with E-state index < -0.39 is 16.9 Å². The zero-order chi connectivity index (χ0) is 29.1. The molecule has 8 aromatic rings. The lowest BCUT2D eigenvalue weighted by atomic mass is 9.96. The fourth-order valence-corrected chi connectivity index (χ4v) is 5.28. The van der Waals surface area contributed by atoms with E-state index in [1.54, 1.807) is 97.1 Å². The van der Waals surface area contributed by atoms with E-state index in [9.17, 15) is 14.4 Å². The Balaban J connectivity index is 1.47. The molecular formula is C34H17N3O6. The van der Waals surface area contributed by atoms with E-state index in [1.807, 2.05) is 6.07 Å². The highest BCUT2D eigenvalue weighted by Gasteiger charge is 2.20. The van der Waals surface area contributed by atoms with Gasteiger partial charge in [0.2, 0.25) is 17.7 Å². The Labute approximate surface area is 240 Å². The second-order valence-corrected chi connectivity index (χ2v) is 9.90. The molecule has 8 rings (SSSR count). The van der Waals surface area contributed by atoms with Gasteiger partial charge < -0.3 is 13.3 Å². The molecule has 43 heavy (non-hydrogen) atoms. The Morgan fingerprint density at radius 2 is 0.837 bits per heavy atom. The number of fused-ring (bicyclic) bond motifs is 4. The Kier molecular flexibility index (Phi) is 5.38. The van der Waals surface area contributed by atoms with Crippen molar-refractivity contribution in [2.75, 3.05) is 0 Å². The quantitative estimate of drug-likeness (QED) is 0.242. The van der Waals surface area contributed by atoms with E-state index >= 15 is 0 Å². The summed E-state index contributed by atoms with van der Waals surface area (Å²) in [6, 6.07) is 29.5. The molecule has 0 saturated heterocycles. The minimum atomic E-state index is -0.548. The van der Waals surface area contributed by atoms with Crippen LogP contribution >= 0.6 is 0 Å². The first-order chi connectivity index (χ1) is 21.0. The zero-order valence-corrected chi connectivity index (χ0v) is 22.1. The van der Waals surface area contributed by atoms with Crippen molar-refractivity contribution in [2.45, 2.75) is 0 Å². The van der Waals surface area contributed by atoms with Gasteiger partial charge in [-0.15, -0.1) is 0 Å². The molecule has 0 aliphatic carbocycles. The summed E-state index contributed by atoms with van der Waals surface area (Å²) >= 11 is 0. The van der Waals surface area contributed by atoms with Crippen LogP contribution in [0.15, 0.2) is 131 Å². The molecule has 0 unspecified atom stereocenters. The van der Waals surface area contributed by atoms with Gasteiger partial charge in [-0.3, -0.25) is 0 Å². The average Bonchev–Trinajstić information content (AvgIpc) is 3.04. The topological polar surface area (TPSA) is 129 Å². The molecule has 204 valence electrons. The summed E-state index contributed by atoms with van der Waals surface area (Å²) in [6.45, 7) is 0. The van der Waals surface area contributed by atoms with Crippen molar-refractivity contribution in [1.82, 2.24) is 15.0 Å². The third-order valence-corrected chi connectivity index (χ3v) is 7.31. The Hall–Kier alpha value is -6.22. The fourth-order valence-electron chi connectivity index (χ4n) is 5.28. The third-order valence-electron chi connectivity index (χ3n) is 7.31. The summed E-state index contributed by atoms with van der Waals surface area (Å²) in [4.78, 5) is 52.6. The van der Waals surface area contributed by atoms with Gasteiger partial charge in [0.05, 0.1) is 32.7 Å². The van der Waals surface area contributed by atoms with Crippen LogP contribution in [0, 0.1) is 0 Å². The predicted octanol–water partition coefficient (Wildman–Crippen LogP) is 6.35. The molecule has 0 atom stereocenters. The van der Waals surface area contributed by atoms with Crippen LogP contribution < -0.4 is 16.9 Å². The largest absolute Gasteiger partial charge is 0.403 e. The lowest BCUT2D eigenvalue weighted by molar-refractivity contribution is 0.516. The van der Waals surface area contributed by atoms with Gasteiger partial charge in [-0.05, 0) is 65.4 Å². The van der Waals surface area contributed by atoms with Gasteiger partial charge in [-0.25, -0.2) is 29.3 Å². The van der Waals surface area contributed by atoms with Crippen molar-refractivity contribution in [3.8, 4) is 34.4 Å². The minimum absolute atomic E-state index is 0.0534. The molecule has 0 aliphatic rings. The summed E-state index contributed by atoms with van der Waals surface area (Å²) in [7, 11) is 0. The first-order valence-corrected chi connectivity index (χ1v) is 13.3. The molecule has 0 bridgehead atoms. The second kappa shape index (κ2) is 9.42. The van der Waals surface area contributed by atoms with Crippen molar-refractivity contribution in [2.24, 2.45) is 0 Å². The van der Waals surface area contributed by atoms with Gasteiger partial charge in [-0.2, -0.15) is 0 Å². The molecule has 3 heterocycles. The van der Waals surface area contributed by atoms with Gasteiger partial charge in [0.25, 0.3) is 0 Å². The molecular weight excluding hydrogens is 546 g/mol. The summed E-state index contributed by atoms with van der Waals surface area (Å²) in [5.74, 6) is 0.208. The summed E-state index contributed by atoms with van der Waals surface area (Å²) in [5.41, 5.74) is 1.12. The van der Waals surface area contributed by atoms with Crippen LogP contribution in [0.4, 0.5) is 0 Å². The Morgan fingerprint density at radius 1 is 0.395 bits per heavy atom. The maximum Gasteiger partial charge on any atom is 0.347 e. The van der Waals surface area contributed by atoms with Gasteiger partial charge >= 0.3 is 16.9 Å². The van der Waals surface area contributed by atoms with Crippen molar-refractivity contribution in [3.05, 3.63) is 134 Å². The Bertz CT molecular complexity index is 2600. The van der Waals surface area contributed by atoms with E-state index in [0.29, 0.717) is 60.2 Å². The second-order valence-electron chi connectivity index (χ2n) is 9.90. The molecule has 0 saturated carbocycles. The number of para-hydroxylation sites is 3. The molecule has 0 spiro atoms. The van der Waals surface area contributed by atoms with Crippen LogP contribution in [0.1, 0.15) is 0 Å². The molecule has 0 fully saturated rings. The van der Waals surface area contributed by atoms with E-state index in [2.05, 4.69) is 15.0 Å². The predicted molar refractivity (Wildman–Crippen MR) is 162 cm³/mol. The van der Waals surface area contributed by atoms with Crippen molar-refractivity contribution in [1.29, 1.82) is 0 Å². The highest BCUT2D eigenvalue weighted by atomic mass is 16.4. The van der Waals surface area contributed by atoms with E-state index in [1.165, 1.54) is 0 Å². The van der Waals surface area contributed by atoms with Gasteiger partial charge in [-0.1, -0.05) is 48.5 Å². The van der Waals surface area contributed by atoms with Crippen LogP contribution in [-0.4, -0.2) is 15.0 Å². The normalized spacial score (nSPS) is 11.5. The Morgan fingerprint density at radius 3 is 1.40 bits per heavy atom. The molecule has 9 heteroatoms. The van der Waals surface area contributed by atoms with E-state index in [4.69, 9.17) is 13.3 Å². The maximum atomic E-state index is 13.0. The van der Waals surface area contributed by atoms with Crippen LogP contribution in [0.3, 0.4) is 0 Å². The lowest BCUT2D eigenvalue weighted by Crippen LogP contribution is -2.05. The van der Waals surface area contributed by atoms with Gasteiger partial charge in [0.15, 0.2) is 0 Å². The number of hydrogen-bond donors (Lipinski definition) is 0. The highest BCUT2D eigenvalue weighted by molar-refractivity contribution is 6.05. The molecule has 0 aliphatic heterocycles. The molecule has 9 nitrogen and oxygen atoms in total. The van der Waals surface area contributed by atoms with Gasteiger partial charge in [0.1, 0.15) is 0 Å². The molecule has 0 N–H and O–H groups in total. The first-order valence-electron chi connectivity index (χ1n) is 13.3. The van der Waals surface area contributed by atoms with Gasteiger partial charge in [0, 0.05) is 16.7 Å². The SMILES string of the molecule is O=c1oc(-c2cc(-c3nc4ccccc4c(=O)o3)c3cccc(-c4nc5ccccc5c(=O)o4)c3c2)nc2ccccc12. The molecule has 0 amide bonds. The fraction of sp³-hybridized carbons (Fsp3) is 0. The average molecular weight is 564 g/mol. The van der Waals surface area contributed by atoms with E-state index in [0.717, 1.165) is 0 Å². The number of nitrogens with zero attached hydrogens (tertiary/aromatic N) is 3.